The number of rotatable bonds is 5. The van der Waals surface area contributed by atoms with E-state index < -0.39 is 0 Å². The largest absolute Gasteiger partial charge is 0.314 e. The summed E-state index contributed by atoms with van der Waals surface area (Å²) in [5.41, 5.74) is 1.45. The predicted octanol–water partition coefficient (Wildman–Crippen LogP) is 2.55. The first kappa shape index (κ1) is 13.6. The topological polar surface area (TPSA) is 15.3 Å². The molecule has 0 amide bonds. The van der Waals surface area contributed by atoms with Crippen LogP contribution in [0.2, 0.25) is 0 Å². The zero-order valence-electron chi connectivity index (χ0n) is 11.7. The van der Waals surface area contributed by atoms with Crippen molar-refractivity contribution in [1.82, 2.24) is 10.2 Å². The van der Waals surface area contributed by atoms with Gasteiger partial charge >= 0.3 is 0 Å². The SMILES string of the molecule is CC1CC(CN(C)CCc2ccccc2)CCN1. The average molecular weight is 246 g/mol. The van der Waals surface area contributed by atoms with Gasteiger partial charge in [-0.15, -0.1) is 0 Å². The van der Waals surface area contributed by atoms with Gasteiger partial charge in [-0.05, 0) is 51.3 Å². The second kappa shape index (κ2) is 6.91. The highest BCUT2D eigenvalue weighted by molar-refractivity contribution is 5.14. The van der Waals surface area contributed by atoms with E-state index in [9.17, 15) is 0 Å². The molecule has 1 saturated heterocycles. The molecule has 1 aliphatic rings. The summed E-state index contributed by atoms with van der Waals surface area (Å²) in [6.45, 7) is 5.91. The molecule has 0 spiro atoms. The van der Waals surface area contributed by atoms with E-state index >= 15 is 0 Å². The number of likely N-dealkylation sites (N-methyl/N-ethyl adjacent to an activating group) is 1. The van der Waals surface area contributed by atoms with E-state index in [1.165, 1.54) is 38.0 Å². The molecule has 0 bridgehead atoms. The fourth-order valence-corrected chi connectivity index (χ4v) is 2.90. The Morgan fingerprint density at radius 2 is 2.06 bits per heavy atom. The van der Waals surface area contributed by atoms with Crippen LogP contribution in [0, 0.1) is 5.92 Å². The van der Waals surface area contributed by atoms with Gasteiger partial charge in [0.05, 0.1) is 0 Å². The molecule has 0 aromatic heterocycles. The first-order valence-electron chi connectivity index (χ1n) is 7.20. The van der Waals surface area contributed by atoms with Crippen LogP contribution in [0.3, 0.4) is 0 Å². The summed E-state index contributed by atoms with van der Waals surface area (Å²) < 4.78 is 0. The summed E-state index contributed by atoms with van der Waals surface area (Å²) in [7, 11) is 2.26. The Kier molecular flexibility index (Phi) is 5.21. The highest BCUT2D eigenvalue weighted by atomic mass is 15.1. The Labute approximate surface area is 111 Å². The van der Waals surface area contributed by atoms with Gasteiger partial charge in [0.15, 0.2) is 0 Å². The van der Waals surface area contributed by atoms with Crippen molar-refractivity contribution in [2.45, 2.75) is 32.2 Å². The van der Waals surface area contributed by atoms with E-state index in [4.69, 9.17) is 0 Å². The lowest BCUT2D eigenvalue weighted by atomic mass is 9.93. The van der Waals surface area contributed by atoms with Crippen LogP contribution in [0.25, 0.3) is 0 Å². The molecule has 0 saturated carbocycles. The van der Waals surface area contributed by atoms with E-state index in [1.807, 2.05) is 0 Å². The van der Waals surface area contributed by atoms with E-state index in [1.54, 1.807) is 0 Å². The number of nitrogens with one attached hydrogen (secondary N) is 1. The summed E-state index contributed by atoms with van der Waals surface area (Å²) in [5, 5.41) is 3.52. The molecule has 1 aromatic rings. The molecule has 0 aliphatic carbocycles. The van der Waals surface area contributed by atoms with E-state index in [0.29, 0.717) is 6.04 Å². The van der Waals surface area contributed by atoms with E-state index in [-0.39, 0.29) is 0 Å². The minimum Gasteiger partial charge on any atom is -0.314 e. The van der Waals surface area contributed by atoms with Crippen LogP contribution < -0.4 is 5.32 Å². The van der Waals surface area contributed by atoms with Gasteiger partial charge < -0.3 is 10.2 Å². The molecule has 1 aliphatic heterocycles. The fraction of sp³-hybridized carbons (Fsp3) is 0.625. The van der Waals surface area contributed by atoms with Crippen molar-refractivity contribution in [3.8, 4) is 0 Å². The Balaban J connectivity index is 1.70. The summed E-state index contributed by atoms with van der Waals surface area (Å²) in [5.74, 6) is 0.877. The van der Waals surface area contributed by atoms with Gasteiger partial charge in [0.1, 0.15) is 0 Å². The van der Waals surface area contributed by atoms with Gasteiger partial charge in [-0.3, -0.25) is 0 Å². The molecular weight excluding hydrogens is 220 g/mol. The molecular formula is C16H26N2. The summed E-state index contributed by atoms with van der Waals surface area (Å²) in [6.07, 6.45) is 3.83. The number of hydrogen-bond acceptors (Lipinski definition) is 2. The van der Waals surface area contributed by atoms with Crippen LogP contribution >= 0.6 is 0 Å². The van der Waals surface area contributed by atoms with Crippen LogP contribution in [0.15, 0.2) is 30.3 Å². The smallest absolute Gasteiger partial charge is 0.00418 e. The normalized spacial score (nSPS) is 24.4. The van der Waals surface area contributed by atoms with Crippen LogP contribution in [0.5, 0.6) is 0 Å². The van der Waals surface area contributed by atoms with Crippen molar-refractivity contribution in [1.29, 1.82) is 0 Å². The zero-order valence-corrected chi connectivity index (χ0v) is 11.7. The molecule has 18 heavy (non-hydrogen) atoms. The Morgan fingerprint density at radius 3 is 2.78 bits per heavy atom. The second-order valence-corrected chi connectivity index (χ2v) is 5.74. The maximum absolute atomic E-state index is 3.52. The minimum atomic E-state index is 0.700. The molecule has 2 rings (SSSR count). The molecule has 1 heterocycles. The molecule has 100 valence electrons. The predicted molar refractivity (Wildman–Crippen MR) is 77.8 cm³/mol. The van der Waals surface area contributed by atoms with Gasteiger partial charge in [0, 0.05) is 19.1 Å². The van der Waals surface area contributed by atoms with Crippen LogP contribution in [0.4, 0.5) is 0 Å². The maximum Gasteiger partial charge on any atom is 0.00418 e. The van der Waals surface area contributed by atoms with Gasteiger partial charge in [-0.1, -0.05) is 30.3 Å². The van der Waals surface area contributed by atoms with E-state index in [0.717, 1.165) is 12.3 Å². The van der Waals surface area contributed by atoms with Crippen molar-refractivity contribution < 1.29 is 0 Å². The first-order valence-corrected chi connectivity index (χ1v) is 7.20. The lowest BCUT2D eigenvalue weighted by molar-refractivity contribution is 0.221. The molecule has 2 unspecified atom stereocenters. The molecule has 1 N–H and O–H groups in total. The zero-order chi connectivity index (χ0) is 12.8. The lowest BCUT2D eigenvalue weighted by Gasteiger charge is -2.31. The minimum absolute atomic E-state index is 0.700. The average Bonchev–Trinajstić information content (AvgIpc) is 2.38. The van der Waals surface area contributed by atoms with Crippen LogP contribution in [-0.4, -0.2) is 37.6 Å². The number of benzene rings is 1. The first-order chi connectivity index (χ1) is 8.74. The van der Waals surface area contributed by atoms with Gasteiger partial charge in [-0.25, -0.2) is 0 Å². The maximum atomic E-state index is 3.52. The lowest BCUT2D eigenvalue weighted by Crippen LogP contribution is -2.40. The molecule has 2 atom stereocenters. The molecule has 2 nitrogen and oxygen atoms in total. The van der Waals surface area contributed by atoms with Crippen LogP contribution in [0.1, 0.15) is 25.3 Å². The van der Waals surface area contributed by atoms with Gasteiger partial charge in [0.2, 0.25) is 0 Å². The van der Waals surface area contributed by atoms with Crippen LogP contribution in [-0.2, 0) is 6.42 Å². The Morgan fingerprint density at radius 1 is 1.28 bits per heavy atom. The number of nitrogens with zero attached hydrogens (tertiary/aromatic N) is 1. The quantitative estimate of drug-likeness (QED) is 0.859. The summed E-state index contributed by atoms with van der Waals surface area (Å²) in [6, 6.07) is 11.5. The van der Waals surface area contributed by atoms with E-state index in [2.05, 4.69) is 54.5 Å². The van der Waals surface area contributed by atoms with Gasteiger partial charge in [-0.2, -0.15) is 0 Å². The molecule has 1 aromatic carbocycles. The molecule has 0 radical (unpaired) electrons. The Bertz CT molecular complexity index is 336. The van der Waals surface area contributed by atoms with Crippen molar-refractivity contribution in [3.63, 3.8) is 0 Å². The third-order valence-corrected chi connectivity index (χ3v) is 3.93. The third kappa shape index (κ3) is 4.43. The fourth-order valence-electron chi connectivity index (χ4n) is 2.90. The summed E-state index contributed by atoms with van der Waals surface area (Å²) in [4.78, 5) is 2.50. The van der Waals surface area contributed by atoms with Gasteiger partial charge in [0.25, 0.3) is 0 Å². The monoisotopic (exact) mass is 246 g/mol. The summed E-state index contributed by atoms with van der Waals surface area (Å²) >= 11 is 0. The van der Waals surface area contributed by atoms with Crippen molar-refractivity contribution in [2.24, 2.45) is 5.92 Å². The number of hydrogen-bond donors (Lipinski definition) is 1. The highest BCUT2D eigenvalue weighted by Gasteiger charge is 2.19. The van der Waals surface area contributed by atoms with Crippen molar-refractivity contribution in [3.05, 3.63) is 35.9 Å². The number of piperidine rings is 1. The van der Waals surface area contributed by atoms with Crippen molar-refractivity contribution in [2.75, 3.05) is 26.7 Å². The third-order valence-electron chi connectivity index (χ3n) is 3.93. The standard InChI is InChI=1S/C16H26N2/c1-14-12-16(8-10-17-14)13-18(2)11-9-15-6-4-3-5-7-15/h3-7,14,16-17H,8-13H2,1-2H3. The van der Waals surface area contributed by atoms with Crippen molar-refractivity contribution >= 4 is 0 Å². The highest BCUT2D eigenvalue weighted by Crippen LogP contribution is 2.17. The second-order valence-electron chi connectivity index (χ2n) is 5.74. The Hall–Kier alpha value is -0.860. The molecule has 2 heteroatoms. The molecule has 1 fully saturated rings.